The van der Waals surface area contributed by atoms with Crippen LogP contribution in [-0.4, -0.2) is 74.6 Å². The molecule has 0 bridgehead atoms. The fourth-order valence-electron chi connectivity index (χ4n) is 11.1. The number of hydrogen-bond acceptors (Lipinski definition) is 13. The van der Waals surface area contributed by atoms with Gasteiger partial charge in [-0.05, 0) is 133 Å². The molecule has 13 nitrogen and oxygen atoms in total. The van der Waals surface area contributed by atoms with Gasteiger partial charge in [0.2, 0.25) is 0 Å². The average molecular weight is 1320 g/mol. The zero-order chi connectivity index (χ0) is 64.4. The maximum absolute atomic E-state index is 13.5. The van der Waals surface area contributed by atoms with Gasteiger partial charge in [-0.25, -0.2) is 0 Å². The van der Waals surface area contributed by atoms with Gasteiger partial charge in [-0.2, -0.15) is 0 Å². The number of aromatic nitrogens is 2. The summed E-state index contributed by atoms with van der Waals surface area (Å²) in [6.45, 7) is 12.0. The van der Waals surface area contributed by atoms with Gasteiger partial charge < -0.3 is 15.1 Å². The summed E-state index contributed by atoms with van der Waals surface area (Å²) in [6.07, 6.45) is 17.6. The molecule has 458 valence electrons. The SMILES string of the molecule is CCN1C(=O)/C(=c2/s/c(=C/c3ccc(-c4ccc(/C=C/c5ccc(N(C6=CCC(C)(/C=C/c7ccc(-c8ccc(/C=c9/s/c(=C%10\SC(=S)N(CC)C%10=O)n(CC(=O)O)c9=O)cc8)cc7)C=C6C)c6ccc(C)cc6C)cc5)cc4)cc3)c(=O)n2CC(=O)O)SC1=S. The Morgan fingerprint density at radius 3 is 1.36 bits per heavy atom. The second kappa shape index (κ2) is 26.9. The summed E-state index contributed by atoms with van der Waals surface area (Å²) in [5, 5.41) is 19.2. The van der Waals surface area contributed by atoms with E-state index in [-0.39, 0.29) is 36.4 Å². The molecule has 6 aromatic carbocycles. The Morgan fingerprint density at radius 1 is 0.571 bits per heavy atom. The second-order valence-electron chi connectivity index (χ2n) is 22.4. The van der Waals surface area contributed by atoms with Crippen molar-refractivity contribution in [3.8, 4) is 22.3 Å². The number of aliphatic carboxylic acids is 2. The normalized spacial score (nSPS) is 17.7. The van der Waals surface area contributed by atoms with Gasteiger partial charge in [0.05, 0.1) is 9.06 Å². The summed E-state index contributed by atoms with van der Waals surface area (Å²) >= 11 is 15.1. The van der Waals surface area contributed by atoms with Crippen LogP contribution in [0.3, 0.4) is 0 Å². The maximum atomic E-state index is 13.5. The third kappa shape index (κ3) is 13.8. The molecule has 3 aliphatic rings. The van der Waals surface area contributed by atoms with Crippen molar-refractivity contribution in [2.75, 3.05) is 18.0 Å². The zero-order valence-corrected chi connectivity index (χ0v) is 55.4. The number of amides is 2. The van der Waals surface area contributed by atoms with Crippen molar-refractivity contribution in [3.05, 3.63) is 247 Å². The first-order valence-corrected chi connectivity index (χ1v) is 33.3. The molecule has 0 radical (unpaired) electrons. The number of carboxylic acids is 2. The Balaban J connectivity index is 0.753. The minimum Gasteiger partial charge on any atom is -0.480 e. The van der Waals surface area contributed by atoms with Gasteiger partial charge in [0, 0.05) is 35.6 Å². The largest absolute Gasteiger partial charge is 0.480 e. The quantitative estimate of drug-likeness (QED) is 0.0655. The minimum atomic E-state index is -1.18. The summed E-state index contributed by atoms with van der Waals surface area (Å²) in [6, 6.07) is 47.6. The van der Waals surface area contributed by atoms with Crippen LogP contribution < -0.4 is 34.4 Å². The first-order chi connectivity index (χ1) is 43.7. The van der Waals surface area contributed by atoms with E-state index in [1.165, 1.54) is 26.5 Å². The Bertz CT molecular complexity index is 4820. The lowest BCUT2D eigenvalue weighted by atomic mass is 9.79. The number of nitrogens with zero attached hydrogens (tertiary/aromatic N) is 5. The number of thiazole rings is 2. The summed E-state index contributed by atoms with van der Waals surface area (Å²) in [5.41, 5.74) is 14.4. The van der Waals surface area contributed by atoms with Crippen molar-refractivity contribution >= 4 is 155 Å². The van der Waals surface area contributed by atoms with E-state index in [0.29, 0.717) is 30.8 Å². The number of carboxylic acid groups (broad SMARTS) is 2. The Hall–Kier alpha value is -8.82. The number of thioether (sulfide) groups is 2. The number of rotatable bonds is 17. The molecule has 2 saturated heterocycles. The molecule has 91 heavy (non-hydrogen) atoms. The number of hydrogen-bond donors (Lipinski definition) is 2. The molecule has 2 aromatic heterocycles. The van der Waals surface area contributed by atoms with E-state index in [0.717, 1.165) is 129 Å². The van der Waals surface area contributed by atoms with Crippen LogP contribution in [0.15, 0.2) is 179 Å². The van der Waals surface area contributed by atoms with Gasteiger partial charge in [0.15, 0.2) is 0 Å². The topological polar surface area (TPSA) is 162 Å². The van der Waals surface area contributed by atoms with Gasteiger partial charge in [0.1, 0.15) is 40.9 Å². The van der Waals surface area contributed by atoms with E-state index >= 15 is 0 Å². The lowest BCUT2D eigenvalue weighted by Gasteiger charge is -2.35. The highest BCUT2D eigenvalue weighted by Gasteiger charge is 2.35. The molecule has 1 atom stereocenters. The second-order valence-corrected chi connectivity index (χ2v) is 27.7. The number of allylic oxidation sites excluding steroid dienone is 4. The van der Waals surface area contributed by atoms with E-state index in [4.69, 9.17) is 24.4 Å². The molecule has 1 unspecified atom stereocenters. The van der Waals surface area contributed by atoms with E-state index in [9.17, 15) is 39.0 Å². The van der Waals surface area contributed by atoms with Crippen molar-refractivity contribution < 1.29 is 29.4 Å². The summed E-state index contributed by atoms with van der Waals surface area (Å²) in [5.74, 6) is -3.03. The molecule has 0 spiro atoms. The fraction of sp³-hybridized carbons (Fsp3) is 0.167. The number of aryl methyl sites for hydroxylation is 2. The van der Waals surface area contributed by atoms with Crippen LogP contribution in [0.25, 0.3) is 62.4 Å². The zero-order valence-electron chi connectivity index (χ0n) is 50.5. The van der Waals surface area contributed by atoms with Gasteiger partial charge in [-0.3, -0.25) is 47.7 Å². The van der Waals surface area contributed by atoms with Crippen LogP contribution in [0, 0.1) is 19.3 Å². The molecule has 0 saturated carbocycles. The van der Waals surface area contributed by atoms with Crippen LogP contribution >= 0.6 is 70.6 Å². The summed E-state index contributed by atoms with van der Waals surface area (Å²) < 4.78 is 4.25. The highest BCUT2D eigenvalue weighted by atomic mass is 32.2. The fourth-order valence-corrected chi connectivity index (χ4v) is 16.4. The lowest BCUT2D eigenvalue weighted by molar-refractivity contribution is -0.138. The molecule has 2 aliphatic heterocycles. The monoisotopic (exact) mass is 1320 g/mol. The lowest BCUT2D eigenvalue weighted by Crippen LogP contribution is -2.35. The third-order valence-electron chi connectivity index (χ3n) is 15.8. The van der Waals surface area contributed by atoms with Crippen LogP contribution in [0.5, 0.6) is 0 Å². The maximum Gasteiger partial charge on any atom is 0.323 e. The predicted octanol–water partition coefficient (Wildman–Crippen LogP) is 12.1. The van der Waals surface area contributed by atoms with Crippen molar-refractivity contribution in [2.45, 2.75) is 61.1 Å². The van der Waals surface area contributed by atoms with E-state index in [1.807, 2.05) is 62.4 Å². The van der Waals surface area contributed by atoms with Gasteiger partial charge in [0.25, 0.3) is 22.9 Å². The van der Waals surface area contributed by atoms with Crippen LogP contribution in [0.2, 0.25) is 0 Å². The Labute approximate surface area is 552 Å². The van der Waals surface area contributed by atoms with Crippen molar-refractivity contribution in [1.82, 2.24) is 18.9 Å². The number of carbonyl (C=O) groups is 4. The van der Waals surface area contributed by atoms with Gasteiger partial charge in [-0.15, -0.1) is 22.7 Å². The predicted molar refractivity (Wildman–Crippen MR) is 381 cm³/mol. The molecule has 2 N–H and O–H groups in total. The van der Waals surface area contributed by atoms with E-state index in [1.54, 1.807) is 12.2 Å². The number of benzene rings is 6. The van der Waals surface area contributed by atoms with Crippen LogP contribution in [0.4, 0.5) is 11.4 Å². The molecular weight excluding hydrogens is 1260 g/mol. The molecule has 8 aromatic rings. The Kier molecular flexibility index (Phi) is 18.9. The third-order valence-corrected chi connectivity index (χ3v) is 21.2. The van der Waals surface area contributed by atoms with Crippen molar-refractivity contribution in [3.63, 3.8) is 0 Å². The van der Waals surface area contributed by atoms with E-state index < -0.39 is 36.1 Å². The van der Waals surface area contributed by atoms with Crippen LogP contribution in [-0.2, 0) is 32.3 Å². The summed E-state index contributed by atoms with van der Waals surface area (Å²) in [4.78, 5) is 82.7. The highest BCUT2D eigenvalue weighted by Crippen LogP contribution is 2.42. The molecule has 4 heterocycles. The molecule has 1 aliphatic carbocycles. The van der Waals surface area contributed by atoms with Crippen molar-refractivity contribution in [1.29, 1.82) is 0 Å². The number of anilines is 2. The van der Waals surface area contributed by atoms with Gasteiger partial charge >= 0.3 is 11.9 Å². The average Bonchev–Trinajstić information content (AvgIpc) is 1.77. The first-order valence-electron chi connectivity index (χ1n) is 29.3. The van der Waals surface area contributed by atoms with E-state index in [2.05, 4.69) is 160 Å². The van der Waals surface area contributed by atoms with Crippen molar-refractivity contribution in [2.24, 2.45) is 5.41 Å². The van der Waals surface area contributed by atoms with Crippen LogP contribution in [0.1, 0.15) is 73.1 Å². The van der Waals surface area contributed by atoms with Gasteiger partial charge in [-0.1, -0.05) is 218 Å². The minimum absolute atomic E-state index is 0.238. The smallest absolute Gasteiger partial charge is 0.323 e. The first kappa shape index (κ1) is 63.7. The molecule has 2 amide bonds. The standard InChI is InChI=1S/C72H61N5O8S6/c1-7-73-66(84)62(90-70(73)86)68-75(41-60(78)79)64(82)58(88-68)38-49-16-26-53(27-17-49)51-22-12-46(13-23-51)10-11-47-20-30-55(31-21-47)77(56-32-9-43(3)37-44(56)4)57-34-36-72(6,40-45(57)5)35-33-48-14-24-52(25-15-48)54-28-18-50(19-29-54)39-59-65(83)76(42-61(80)81)69(89-59)63-67(85)74(8-2)71(87)91-63/h9-35,37-40H,7-8,36,41-42H2,1-6H3,(H,78,79)(H,80,81)/b11-10+,35-33+,58-38+,59-39+,68-62-,69-63-. The Morgan fingerprint density at radius 2 is 0.978 bits per heavy atom. The molecular formula is C72H61N5O8S6. The number of thiocarbonyl (C=S) groups is 2. The summed E-state index contributed by atoms with van der Waals surface area (Å²) in [7, 11) is 0. The molecule has 2 fully saturated rings. The molecule has 11 rings (SSSR count). The molecule has 19 heteroatoms. The highest BCUT2D eigenvalue weighted by molar-refractivity contribution is 8.30. The number of carbonyl (C=O) groups excluding carboxylic acids is 2.